The van der Waals surface area contributed by atoms with Crippen LogP contribution in [-0.2, 0) is 82.8 Å². The number of fused-ring (bicyclic) bond motifs is 2. The Balaban J connectivity index is 0.000000239. The topological polar surface area (TPSA) is 87.1 Å². The van der Waals surface area contributed by atoms with Crippen LogP contribution in [0.3, 0.4) is 0 Å². The van der Waals surface area contributed by atoms with Gasteiger partial charge in [-0.25, -0.2) is 0 Å². The van der Waals surface area contributed by atoms with Crippen LogP contribution in [0.15, 0.2) is 294 Å². The van der Waals surface area contributed by atoms with Gasteiger partial charge in [-0.1, -0.05) is 460 Å². The third-order valence-corrected chi connectivity index (χ3v) is 40.9. The van der Waals surface area contributed by atoms with Gasteiger partial charge in [0.05, 0.1) is 34.7 Å². The van der Waals surface area contributed by atoms with Crippen molar-refractivity contribution in [3.63, 3.8) is 0 Å². The molecule has 14 rings (SSSR count). The predicted octanol–water partition coefficient (Wildman–Crippen LogP) is 38.0. The zero-order valence-electron chi connectivity index (χ0n) is 88.8. The number of hydrogen-bond acceptors (Lipinski definition) is 9. The molecule has 0 spiro atoms. The van der Waals surface area contributed by atoms with Gasteiger partial charge in [0, 0.05) is 31.2 Å². The van der Waals surface area contributed by atoms with E-state index in [2.05, 4.69) is 513 Å². The molecule has 0 saturated carbocycles. The number of aromatic nitrogens is 4. The molecule has 0 saturated heterocycles. The molecule has 2 heterocycles. The van der Waals surface area contributed by atoms with Gasteiger partial charge < -0.3 is 8.85 Å². The fraction of sp³-hybridized carbons (Fsp3) is 0.323. The van der Waals surface area contributed by atoms with Crippen molar-refractivity contribution in [2.24, 2.45) is 34.5 Å². The molecule has 14 aromatic rings. The second kappa shape index (κ2) is 55.7. The molecular weight excluding hydrogens is 2050 g/mol. The number of halogens is 2. The molecule has 0 bridgehead atoms. The first-order chi connectivity index (χ1) is 69.2. The van der Waals surface area contributed by atoms with E-state index in [0.717, 1.165) is 123 Å². The van der Waals surface area contributed by atoms with E-state index in [9.17, 15) is 0 Å². The fourth-order valence-corrected chi connectivity index (χ4v) is 27.2. The first kappa shape index (κ1) is 114. The van der Waals surface area contributed by atoms with E-state index in [0.29, 0.717) is 23.7 Å². The molecule has 4 unspecified atom stereocenters. The zero-order chi connectivity index (χ0) is 103. The molecule has 4 atom stereocenters. The van der Waals surface area contributed by atoms with Crippen LogP contribution in [0.25, 0.3) is 101 Å². The van der Waals surface area contributed by atoms with Crippen LogP contribution in [0.1, 0.15) is 254 Å². The van der Waals surface area contributed by atoms with Gasteiger partial charge in [0.2, 0.25) is 0 Å². The summed E-state index contributed by atoms with van der Waals surface area (Å²) in [5.41, 5.74) is 31.5. The standard InChI is InChI=1S/C65H76N2OSSi.C53H64Br2OSi.C12H12N2S.O.Pd/c1-11-15-58-42-43-59(63-62(58)66-69-67-63)41-40-53-32-36-56(37-33-53)45-60(64(6,7)8)44-55-34-28-51(29-35-55)26-24-49-20-22-50(23-21-49)25-27-52-30-38-57(39-31-52)47-61(46-54-18-16-48(5)17-19-54)65(9,10)68-70(12-2,13-3)14-4;1-9-57(10-2,11-3)56-53(7,8)49(39-47-30-34-51(55)35-31-47)38-45-26-22-43(23-27-45)19-17-41-14-12-40(13-15-41)16-18-42-20-24-44(25-21-42)36-48(52(4,5)6)37-46-28-32-50(54)33-29-46;1-3-5-9-7-8-10(6-4-2)12-11(9)13-15-14-12;;/h11,15-43,60-61H,12-14,44-47H2,1-10H3;12-35,48-49H,9-11,36-39H2,1-8H3;3-8H,1-2H3;;/b15-11+,26-24+,27-25+,41-40+;18-16+,19-17+;5-3+,6-4+;;. The normalized spacial score (nSPS) is 13.4. The van der Waals surface area contributed by atoms with Crippen LogP contribution >= 0.6 is 55.3 Å². The van der Waals surface area contributed by atoms with E-state index in [1.54, 1.807) is 0 Å². The first-order valence-corrected chi connectivity index (χ1v) is 60.5. The maximum atomic E-state index is 8.10. The number of aryl methyl sites for hydroxylation is 1. The third-order valence-electron chi connectivity index (χ3n) is 29.1. The summed E-state index contributed by atoms with van der Waals surface area (Å²) in [6.45, 7) is 45.8. The Kier molecular flexibility index (Phi) is 44.2. The molecule has 0 aliphatic carbocycles. The molecule has 754 valence electrons. The van der Waals surface area contributed by atoms with E-state index >= 15 is 0 Å². The summed E-state index contributed by atoms with van der Waals surface area (Å²) in [5.74, 6) is 1.80. The summed E-state index contributed by atoms with van der Waals surface area (Å²) in [7, 11) is -3.56. The number of nitrogens with zero attached hydrogens (tertiary/aromatic N) is 4. The van der Waals surface area contributed by atoms with Gasteiger partial charge in [0.15, 0.2) is 16.6 Å². The van der Waals surface area contributed by atoms with E-state index < -0.39 is 16.6 Å². The van der Waals surface area contributed by atoms with Crippen LogP contribution in [-0.4, -0.2) is 45.3 Å². The molecule has 0 amide bonds. The molecule has 0 radical (unpaired) electrons. The second-order valence-electron chi connectivity index (χ2n) is 41.9. The Labute approximate surface area is 902 Å². The van der Waals surface area contributed by atoms with Crippen molar-refractivity contribution in [1.82, 2.24) is 17.5 Å². The molecule has 7 nitrogen and oxygen atoms in total. The number of hydrogen-bond donors (Lipinski definition) is 0. The van der Waals surface area contributed by atoms with Gasteiger partial charge in [-0.15, -0.1) is 0 Å². The Bertz CT molecular complexity index is 6490. The van der Waals surface area contributed by atoms with Crippen LogP contribution in [0, 0.1) is 41.4 Å². The number of rotatable bonds is 41. The van der Waals surface area contributed by atoms with Crippen molar-refractivity contribution in [2.45, 2.75) is 237 Å². The molecule has 0 aliphatic rings. The van der Waals surface area contributed by atoms with Crippen molar-refractivity contribution in [2.75, 3.05) is 0 Å². The van der Waals surface area contributed by atoms with E-state index in [1.165, 1.54) is 161 Å². The summed E-state index contributed by atoms with van der Waals surface area (Å²) in [6.07, 6.45) is 42.5. The molecular formula is C130H152Br2N4O3PdS2Si2. The van der Waals surface area contributed by atoms with Gasteiger partial charge in [0.25, 0.3) is 0 Å². The monoisotopic (exact) mass is 2200 g/mol. The molecule has 12 aromatic carbocycles. The fourth-order valence-electron chi connectivity index (χ4n) is 19.1. The van der Waals surface area contributed by atoms with Gasteiger partial charge in [-0.3, -0.25) is 0 Å². The molecule has 144 heavy (non-hydrogen) atoms. The molecule has 0 aliphatic heterocycles. The molecule has 0 N–H and O–H groups in total. The van der Waals surface area contributed by atoms with Crippen molar-refractivity contribution in [1.29, 1.82) is 0 Å². The predicted molar refractivity (Wildman–Crippen MR) is 636 cm³/mol. The van der Waals surface area contributed by atoms with Crippen molar-refractivity contribution in [3.05, 3.63) is 416 Å². The summed E-state index contributed by atoms with van der Waals surface area (Å²) in [6, 6.07) is 105. The average Bonchev–Trinajstić information content (AvgIpc) is 1.28. The van der Waals surface area contributed by atoms with Gasteiger partial charge in [-0.05, 0) is 296 Å². The average molecular weight is 2210 g/mol. The SMILES string of the molecule is C/C=C/c1ccc(/C=C/C)c2nsnc12.C/C=C/c1ccc(/C=C/c2ccc(CC(Cc3ccc(/C=C/c4ccc(/C=C/c5ccc(CC(Cc6ccc(C)cc6)C(C)(C)O[Si](CC)(CC)CC)cc5)cc4)cc3)C(C)(C)C)cc2)c2nsnc12.CC[Si](CC)(CC)OC(C)(C)C(Cc1ccc(Br)cc1)Cc1ccc(/C=C/c2ccc(/C=C/c3ccc(CC(Cc4ccc(Br)cc4)C(C)(C)C)cc3)cc2)cc1.[O]=[Pd]. The third kappa shape index (κ3) is 34.6. The minimum absolute atomic E-state index is 0.168. The van der Waals surface area contributed by atoms with Crippen LogP contribution < -0.4 is 0 Å². The van der Waals surface area contributed by atoms with E-state index in [1.807, 2.05) is 39.0 Å². The molecule has 0 fully saturated rings. The van der Waals surface area contributed by atoms with Crippen molar-refractivity contribution >= 4 is 173 Å². The van der Waals surface area contributed by atoms with Crippen molar-refractivity contribution in [3.8, 4) is 0 Å². The maximum absolute atomic E-state index is 8.10. The quantitative estimate of drug-likeness (QED) is 0.0279. The second-order valence-corrected chi connectivity index (χ2v) is 54.2. The van der Waals surface area contributed by atoms with Crippen molar-refractivity contribution < 1.29 is 31.5 Å². The molecule has 14 heteroatoms. The summed E-state index contributed by atoms with van der Waals surface area (Å²) in [4.78, 5) is 0. The Hall–Kier alpha value is -10.0. The van der Waals surface area contributed by atoms with Gasteiger partial charge >= 0.3 is 22.6 Å². The molecule has 2 aromatic heterocycles. The Morgan fingerprint density at radius 3 is 0.632 bits per heavy atom. The number of benzene rings is 12. The Morgan fingerprint density at radius 2 is 0.438 bits per heavy atom. The summed E-state index contributed by atoms with van der Waals surface area (Å²) >= 11 is 11.2. The first-order valence-electron chi connectivity index (χ1n) is 51.7. The summed E-state index contributed by atoms with van der Waals surface area (Å²) < 4.78 is 42.6. The van der Waals surface area contributed by atoms with Crippen LogP contribution in [0.2, 0.25) is 36.3 Å². The van der Waals surface area contributed by atoms with Crippen LogP contribution in [0.5, 0.6) is 0 Å². The number of allylic oxidation sites excluding steroid dienone is 3. The zero-order valence-corrected chi connectivity index (χ0v) is 97.1. The minimum atomic E-state index is -1.79. The summed E-state index contributed by atoms with van der Waals surface area (Å²) in [5, 5.41) is 0. The van der Waals surface area contributed by atoms with Crippen LogP contribution in [0.4, 0.5) is 0 Å². The van der Waals surface area contributed by atoms with E-state index in [4.69, 9.17) is 12.3 Å². The van der Waals surface area contributed by atoms with E-state index in [-0.39, 0.29) is 22.0 Å². The Morgan fingerprint density at radius 1 is 0.264 bits per heavy atom. The van der Waals surface area contributed by atoms with Gasteiger partial charge in [-0.2, -0.15) is 17.5 Å². The van der Waals surface area contributed by atoms with Gasteiger partial charge in [0.1, 0.15) is 22.1 Å².